The zero-order valence-electron chi connectivity index (χ0n) is 13.8. The zero-order chi connectivity index (χ0) is 18.4. The molecule has 2 rings (SSSR count). The highest BCUT2D eigenvalue weighted by atomic mass is 35.5. The van der Waals surface area contributed by atoms with Gasteiger partial charge in [-0.05, 0) is 49.8 Å². The molecule has 0 aliphatic heterocycles. The van der Waals surface area contributed by atoms with Crippen molar-refractivity contribution in [3.63, 3.8) is 0 Å². The van der Waals surface area contributed by atoms with Gasteiger partial charge in [0, 0.05) is 5.69 Å². The van der Waals surface area contributed by atoms with Crippen LogP contribution in [0.15, 0.2) is 42.0 Å². The van der Waals surface area contributed by atoms with Crippen LogP contribution >= 0.6 is 11.6 Å². The van der Waals surface area contributed by atoms with Crippen LogP contribution < -0.4 is 10.1 Å². The molecular formula is C19H17ClN2O3. The van der Waals surface area contributed by atoms with E-state index in [1.165, 1.54) is 18.2 Å². The van der Waals surface area contributed by atoms with Gasteiger partial charge in [-0.3, -0.25) is 4.79 Å². The number of aryl methyl sites for hydroxylation is 1. The fourth-order valence-corrected chi connectivity index (χ4v) is 2.31. The van der Waals surface area contributed by atoms with Crippen molar-refractivity contribution in [3.05, 3.63) is 58.1 Å². The lowest BCUT2D eigenvalue weighted by Crippen LogP contribution is -2.13. The lowest BCUT2D eigenvalue weighted by Gasteiger charge is -2.09. The second-order valence-electron chi connectivity index (χ2n) is 5.27. The first kappa shape index (κ1) is 18.4. The minimum Gasteiger partial charge on any atom is -0.503 e. The van der Waals surface area contributed by atoms with E-state index in [9.17, 15) is 15.2 Å². The van der Waals surface area contributed by atoms with Crippen LogP contribution in [0.25, 0.3) is 6.08 Å². The van der Waals surface area contributed by atoms with Gasteiger partial charge in [0.25, 0.3) is 5.91 Å². The second-order valence-corrected chi connectivity index (χ2v) is 5.68. The fraction of sp³-hybridized carbons (Fsp3) is 0.158. The predicted octanol–water partition coefficient (Wildman–Crippen LogP) is 4.30. The van der Waals surface area contributed by atoms with E-state index in [4.69, 9.17) is 16.3 Å². The van der Waals surface area contributed by atoms with E-state index in [2.05, 4.69) is 5.32 Å². The molecule has 0 saturated heterocycles. The quantitative estimate of drug-likeness (QED) is 0.618. The number of carbonyl (C=O) groups is 1. The number of rotatable bonds is 5. The zero-order valence-corrected chi connectivity index (χ0v) is 14.6. The van der Waals surface area contributed by atoms with E-state index in [-0.39, 0.29) is 22.1 Å². The second kappa shape index (κ2) is 8.22. The molecule has 128 valence electrons. The number of phenolic OH excluding ortho intramolecular Hbond substituents is 1. The molecule has 2 aromatic rings. The third kappa shape index (κ3) is 4.75. The third-order valence-electron chi connectivity index (χ3n) is 3.34. The summed E-state index contributed by atoms with van der Waals surface area (Å²) in [4.78, 5) is 12.3. The summed E-state index contributed by atoms with van der Waals surface area (Å²) in [5, 5.41) is 21.9. The molecule has 25 heavy (non-hydrogen) atoms. The van der Waals surface area contributed by atoms with Crippen molar-refractivity contribution in [1.29, 1.82) is 5.26 Å². The standard InChI is InChI=1S/C19H17ClN2O3/c1-3-25-17-10-13(9-16(20)18(17)23)8-14(11-21)19(24)22-15-6-4-12(2)5-7-15/h4-10,23H,3H2,1-2H3,(H,22,24)/b14-8+. The van der Waals surface area contributed by atoms with Gasteiger partial charge in [0.05, 0.1) is 11.6 Å². The molecule has 0 unspecified atom stereocenters. The molecule has 0 radical (unpaired) electrons. The maximum absolute atomic E-state index is 12.3. The van der Waals surface area contributed by atoms with Crippen molar-refractivity contribution in [2.75, 3.05) is 11.9 Å². The van der Waals surface area contributed by atoms with Crippen LogP contribution in [-0.4, -0.2) is 17.6 Å². The summed E-state index contributed by atoms with van der Waals surface area (Å²) in [5.74, 6) is -0.519. The summed E-state index contributed by atoms with van der Waals surface area (Å²) in [6.07, 6.45) is 1.39. The minimum absolute atomic E-state index is 0.0773. The van der Waals surface area contributed by atoms with Gasteiger partial charge >= 0.3 is 0 Å². The summed E-state index contributed by atoms with van der Waals surface area (Å²) in [7, 11) is 0. The highest BCUT2D eigenvalue weighted by Crippen LogP contribution is 2.35. The van der Waals surface area contributed by atoms with Crippen LogP contribution in [0.3, 0.4) is 0 Å². The molecule has 0 heterocycles. The lowest BCUT2D eigenvalue weighted by atomic mass is 10.1. The first-order chi connectivity index (χ1) is 11.9. The molecule has 0 atom stereocenters. The Balaban J connectivity index is 2.29. The number of hydrogen-bond donors (Lipinski definition) is 2. The van der Waals surface area contributed by atoms with Crippen molar-refractivity contribution < 1.29 is 14.6 Å². The molecule has 0 aromatic heterocycles. The topological polar surface area (TPSA) is 82.3 Å². The van der Waals surface area contributed by atoms with Gasteiger partial charge in [0.15, 0.2) is 11.5 Å². The number of carbonyl (C=O) groups excluding carboxylic acids is 1. The van der Waals surface area contributed by atoms with Gasteiger partial charge in [0.1, 0.15) is 11.6 Å². The van der Waals surface area contributed by atoms with Gasteiger partial charge in [-0.2, -0.15) is 5.26 Å². The Hall–Kier alpha value is -2.97. The highest BCUT2D eigenvalue weighted by Gasteiger charge is 2.13. The molecule has 0 bridgehead atoms. The predicted molar refractivity (Wildman–Crippen MR) is 97.7 cm³/mol. The molecule has 0 fully saturated rings. The number of phenols is 1. The van der Waals surface area contributed by atoms with Crippen LogP contribution in [0, 0.1) is 18.3 Å². The number of hydrogen-bond acceptors (Lipinski definition) is 4. The smallest absolute Gasteiger partial charge is 0.266 e. The van der Waals surface area contributed by atoms with E-state index in [1.807, 2.05) is 25.1 Å². The SMILES string of the molecule is CCOc1cc(/C=C(\C#N)C(=O)Nc2ccc(C)cc2)cc(Cl)c1O. The first-order valence-electron chi connectivity index (χ1n) is 7.59. The maximum Gasteiger partial charge on any atom is 0.266 e. The Bertz CT molecular complexity index is 852. The van der Waals surface area contributed by atoms with E-state index in [0.29, 0.717) is 17.9 Å². The summed E-state index contributed by atoms with van der Waals surface area (Å²) in [6.45, 7) is 4.05. The van der Waals surface area contributed by atoms with Gasteiger partial charge < -0.3 is 15.2 Å². The lowest BCUT2D eigenvalue weighted by molar-refractivity contribution is -0.112. The van der Waals surface area contributed by atoms with E-state index >= 15 is 0 Å². The summed E-state index contributed by atoms with van der Waals surface area (Å²) in [5.41, 5.74) is 2.04. The number of benzene rings is 2. The number of aromatic hydroxyl groups is 1. The number of ether oxygens (including phenoxy) is 1. The molecule has 6 heteroatoms. The van der Waals surface area contributed by atoms with Crippen LogP contribution in [-0.2, 0) is 4.79 Å². The van der Waals surface area contributed by atoms with Crippen molar-refractivity contribution in [3.8, 4) is 17.6 Å². The fourth-order valence-electron chi connectivity index (χ4n) is 2.09. The third-order valence-corrected chi connectivity index (χ3v) is 3.62. The highest BCUT2D eigenvalue weighted by molar-refractivity contribution is 6.32. The Morgan fingerprint density at radius 1 is 1.36 bits per heavy atom. The Morgan fingerprint density at radius 2 is 2.04 bits per heavy atom. The van der Waals surface area contributed by atoms with Crippen molar-refractivity contribution >= 4 is 29.3 Å². The molecular weight excluding hydrogens is 340 g/mol. The molecule has 0 aliphatic carbocycles. The monoisotopic (exact) mass is 356 g/mol. The van der Waals surface area contributed by atoms with E-state index < -0.39 is 5.91 Å². The molecule has 0 aliphatic rings. The Labute approximate surface area is 151 Å². The largest absolute Gasteiger partial charge is 0.503 e. The van der Waals surface area contributed by atoms with Gasteiger partial charge in [0.2, 0.25) is 0 Å². The van der Waals surface area contributed by atoms with Crippen molar-refractivity contribution in [2.24, 2.45) is 0 Å². The Kier molecular flexibility index (Phi) is 6.04. The van der Waals surface area contributed by atoms with E-state index in [1.54, 1.807) is 19.1 Å². The van der Waals surface area contributed by atoms with Gasteiger partial charge in [-0.15, -0.1) is 0 Å². The Morgan fingerprint density at radius 3 is 2.64 bits per heavy atom. The van der Waals surface area contributed by atoms with Crippen molar-refractivity contribution in [2.45, 2.75) is 13.8 Å². The number of amides is 1. The number of nitrogens with one attached hydrogen (secondary N) is 1. The molecule has 2 aromatic carbocycles. The maximum atomic E-state index is 12.3. The summed E-state index contributed by atoms with van der Waals surface area (Å²) >= 11 is 5.96. The molecule has 2 N–H and O–H groups in total. The average molecular weight is 357 g/mol. The average Bonchev–Trinajstić information content (AvgIpc) is 2.59. The van der Waals surface area contributed by atoms with Crippen LogP contribution in [0.4, 0.5) is 5.69 Å². The normalized spacial score (nSPS) is 10.9. The van der Waals surface area contributed by atoms with E-state index in [0.717, 1.165) is 5.56 Å². The van der Waals surface area contributed by atoms with Crippen LogP contribution in [0.1, 0.15) is 18.1 Å². The number of halogens is 1. The minimum atomic E-state index is -0.534. The van der Waals surface area contributed by atoms with Gasteiger partial charge in [-0.1, -0.05) is 29.3 Å². The summed E-state index contributed by atoms with van der Waals surface area (Å²) in [6, 6.07) is 12.1. The van der Waals surface area contributed by atoms with Crippen LogP contribution in [0.5, 0.6) is 11.5 Å². The number of anilines is 1. The molecule has 0 spiro atoms. The van der Waals surface area contributed by atoms with Crippen LogP contribution in [0.2, 0.25) is 5.02 Å². The molecule has 5 nitrogen and oxygen atoms in total. The summed E-state index contributed by atoms with van der Waals surface area (Å²) < 4.78 is 5.29. The van der Waals surface area contributed by atoms with Gasteiger partial charge in [-0.25, -0.2) is 0 Å². The van der Waals surface area contributed by atoms with Crippen molar-refractivity contribution in [1.82, 2.24) is 0 Å². The number of nitriles is 1. The number of nitrogens with zero attached hydrogens (tertiary/aromatic N) is 1. The first-order valence-corrected chi connectivity index (χ1v) is 7.97. The molecule has 1 amide bonds. The molecule has 0 saturated carbocycles.